The summed E-state index contributed by atoms with van der Waals surface area (Å²) in [6.07, 6.45) is 2.44. The Kier molecular flexibility index (Phi) is 7.71. The maximum Gasteiger partial charge on any atom is 0.191 e. The van der Waals surface area contributed by atoms with Gasteiger partial charge in [0.05, 0.1) is 19.8 Å². The van der Waals surface area contributed by atoms with Gasteiger partial charge in [-0.1, -0.05) is 54.6 Å². The zero-order valence-electron chi connectivity index (χ0n) is 14.6. The van der Waals surface area contributed by atoms with Crippen molar-refractivity contribution in [3.63, 3.8) is 0 Å². The summed E-state index contributed by atoms with van der Waals surface area (Å²) in [5.41, 5.74) is 9.59. The van der Waals surface area contributed by atoms with Crippen LogP contribution in [0.15, 0.2) is 59.6 Å². The summed E-state index contributed by atoms with van der Waals surface area (Å²) in [5.74, 6) is 0.623. The van der Waals surface area contributed by atoms with Crippen molar-refractivity contribution >= 4 is 29.9 Å². The molecule has 1 aliphatic carbocycles. The Hall–Kier alpha value is -1.60. The fraction of sp³-hybridized carbons (Fsp3) is 0.350. The van der Waals surface area contributed by atoms with Crippen molar-refractivity contribution < 1.29 is 4.74 Å². The molecule has 4 nitrogen and oxygen atoms in total. The van der Waals surface area contributed by atoms with Crippen LogP contribution in [0, 0.1) is 0 Å². The summed E-state index contributed by atoms with van der Waals surface area (Å²) in [5, 5.41) is 0. The topological polar surface area (TPSA) is 50.8 Å². The maximum absolute atomic E-state index is 6.08. The van der Waals surface area contributed by atoms with Gasteiger partial charge >= 0.3 is 0 Å². The highest BCUT2D eigenvalue weighted by atomic mass is 127. The lowest BCUT2D eigenvalue weighted by Gasteiger charge is -2.17. The molecular weight excluding hydrogens is 425 g/mol. The van der Waals surface area contributed by atoms with Crippen LogP contribution in [0.3, 0.4) is 0 Å². The van der Waals surface area contributed by atoms with Crippen LogP contribution < -0.4 is 5.73 Å². The molecule has 25 heavy (non-hydrogen) atoms. The van der Waals surface area contributed by atoms with Gasteiger partial charge < -0.3 is 15.4 Å². The van der Waals surface area contributed by atoms with Crippen LogP contribution in [-0.2, 0) is 24.5 Å². The standard InChI is InChI=1S/C20H25N3O.HI/c1-23(19-11-12-19)20(21)22-13-17-9-5-6-10-18(17)15-24-14-16-7-3-2-4-8-16;/h2-10,19H,11-15H2,1H3,(H2,21,22);1H. The molecule has 0 aliphatic heterocycles. The van der Waals surface area contributed by atoms with E-state index in [1.54, 1.807) is 0 Å². The predicted octanol–water partition coefficient (Wildman–Crippen LogP) is 3.93. The molecule has 0 aromatic heterocycles. The molecular formula is C20H26IN3O. The highest BCUT2D eigenvalue weighted by molar-refractivity contribution is 14.0. The quantitative estimate of drug-likeness (QED) is 0.394. The SMILES string of the molecule is CN(C(N)=NCc1ccccc1COCc1ccccc1)C1CC1.I. The monoisotopic (exact) mass is 451 g/mol. The van der Waals surface area contributed by atoms with E-state index in [-0.39, 0.29) is 24.0 Å². The van der Waals surface area contributed by atoms with E-state index in [2.05, 4.69) is 34.2 Å². The third-order valence-corrected chi connectivity index (χ3v) is 4.35. The van der Waals surface area contributed by atoms with Crippen molar-refractivity contribution in [2.24, 2.45) is 10.7 Å². The van der Waals surface area contributed by atoms with Gasteiger partial charge in [-0.05, 0) is 29.5 Å². The van der Waals surface area contributed by atoms with Crippen molar-refractivity contribution in [1.82, 2.24) is 4.90 Å². The molecule has 1 saturated carbocycles. The van der Waals surface area contributed by atoms with Crippen molar-refractivity contribution in [3.8, 4) is 0 Å². The number of nitrogens with two attached hydrogens (primary N) is 1. The molecule has 0 unspecified atom stereocenters. The number of halogens is 1. The summed E-state index contributed by atoms with van der Waals surface area (Å²) in [6.45, 7) is 1.79. The first-order chi connectivity index (χ1) is 11.7. The lowest BCUT2D eigenvalue weighted by Crippen LogP contribution is -2.35. The molecule has 3 rings (SSSR count). The molecule has 0 bridgehead atoms. The zero-order valence-corrected chi connectivity index (χ0v) is 16.9. The minimum absolute atomic E-state index is 0. The fourth-order valence-electron chi connectivity index (χ4n) is 2.63. The van der Waals surface area contributed by atoms with E-state index in [4.69, 9.17) is 10.5 Å². The van der Waals surface area contributed by atoms with E-state index < -0.39 is 0 Å². The van der Waals surface area contributed by atoms with Gasteiger partial charge in [0.15, 0.2) is 5.96 Å². The minimum atomic E-state index is 0. The summed E-state index contributed by atoms with van der Waals surface area (Å²) >= 11 is 0. The van der Waals surface area contributed by atoms with Gasteiger partial charge in [-0.25, -0.2) is 4.99 Å². The second-order valence-corrected chi connectivity index (χ2v) is 6.26. The average Bonchev–Trinajstić information content (AvgIpc) is 3.46. The van der Waals surface area contributed by atoms with Gasteiger partial charge in [-0.2, -0.15) is 0 Å². The van der Waals surface area contributed by atoms with Gasteiger partial charge in [-0.3, -0.25) is 0 Å². The smallest absolute Gasteiger partial charge is 0.191 e. The Labute approximate surface area is 167 Å². The van der Waals surface area contributed by atoms with Crippen molar-refractivity contribution in [3.05, 3.63) is 71.3 Å². The number of rotatable bonds is 7. The summed E-state index contributed by atoms with van der Waals surface area (Å²) in [4.78, 5) is 6.63. The van der Waals surface area contributed by atoms with Crippen LogP contribution in [0.25, 0.3) is 0 Å². The van der Waals surface area contributed by atoms with E-state index in [9.17, 15) is 0 Å². The van der Waals surface area contributed by atoms with Gasteiger partial charge in [0.2, 0.25) is 0 Å². The largest absolute Gasteiger partial charge is 0.372 e. The number of guanidine groups is 1. The second kappa shape index (κ2) is 9.77. The average molecular weight is 451 g/mol. The van der Waals surface area contributed by atoms with E-state index >= 15 is 0 Å². The van der Waals surface area contributed by atoms with Crippen LogP contribution in [-0.4, -0.2) is 23.9 Å². The van der Waals surface area contributed by atoms with Crippen LogP contribution in [0.5, 0.6) is 0 Å². The Balaban J connectivity index is 0.00000225. The van der Waals surface area contributed by atoms with Crippen LogP contribution in [0.1, 0.15) is 29.5 Å². The predicted molar refractivity (Wildman–Crippen MR) is 113 cm³/mol. The highest BCUT2D eigenvalue weighted by Gasteiger charge is 2.27. The number of hydrogen-bond acceptors (Lipinski definition) is 2. The molecule has 0 radical (unpaired) electrons. The number of aliphatic imine (C=N–C) groups is 1. The van der Waals surface area contributed by atoms with Gasteiger partial charge in [0.1, 0.15) is 0 Å². The van der Waals surface area contributed by atoms with Crippen LogP contribution >= 0.6 is 24.0 Å². The molecule has 0 heterocycles. The van der Waals surface area contributed by atoms with Crippen molar-refractivity contribution in [2.75, 3.05) is 7.05 Å². The Morgan fingerprint density at radius 1 is 1.04 bits per heavy atom. The van der Waals surface area contributed by atoms with Crippen LogP contribution in [0.2, 0.25) is 0 Å². The Morgan fingerprint density at radius 2 is 1.68 bits per heavy atom. The van der Waals surface area contributed by atoms with Gasteiger partial charge in [0, 0.05) is 13.1 Å². The first kappa shape index (κ1) is 19.7. The maximum atomic E-state index is 6.08. The Bertz CT molecular complexity index is 686. The molecule has 1 aliphatic rings. The normalized spacial score (nSPS) is 14.0. The first-order valence-electron chi connectivity index (χ1n) is 8.45. The van der Waals surface area contributed by atoms with Crippen molar-refractivity contribution in [1.29, 1.82) is 0 Å². The molecule has 0 atom stereocenters. The number of ether oxygens (including phenoxy) is 1. The Morgan fingerprint density at radius 3 is 2.36 bits per heavy atom. The molecule has 0 saturated heterocycles. The molecule has 5 heteroatoms. The van der Waals surface area contributed by atoms with Crippen LogP contribution in [0.4, 0.5) is 0 Å². The number of nitrogens with zero attached hydrogens (tertiary/aromatic N) is 2. The van der Waals surface area contributed by atoms with E-state index in [0.717, 1.165) is 5.56 Å². The summed E-state index contributed by atoms with van der Waals surface area (Å²) < 4.78 is 5.86. The summed E-state index contributed by atoms with van der Waals surface area (Å²) in [6, 6.07) is 19.1. The third-order valence-electron chi connectivity index (χ3n) is 4.35. The molecule has 0 amide bonds. The molecule has 134 valence electrons. The highest BCUT2D eigenvalue weighted by Crippen LogP contribution is 2.25. The molecule has 0 spiro atoms. The second-order valence-electron chi connectivity index (χ2n) is 6.26. The number of benzene rings is 2. The first-order valence-corrected chi connectivity index (χ1v) is 8.45. The number of hydrogen-bond donors (Lipinski definition) is 1. The molecule has 2 N–H and O–H groups in total. The minimum Gasteiger partial charge on any atom is -0.372 e. The van der Waals surface area contributed by atoms with E-state index in [1.165, 1.54) is 24.0 Å². The lowest BCUT2D eigenvalue weighted by molar-refractivity contribution is 0.106. The van der Waals surface area contributed by atoms with E-state index in [0.29, 0.717) is 31.8 Å². The molecule has 1 fully saturated rings. The molecule has 2 aromatic rings. The van der Waals surface area contributed by atoms with Crippen molar-refractivity contribution in [2.45, 2.75) is 38.6 Å². The van der Waals surface area contributed by atoms with Gasteiger partial charge in [0.25, 0.3) is 0 Å². The zero-order chi connectivity index (χ0) is 16.8. The third kappa shape index (κ3) is 6.01. The van der Waals surface area contributed by atoms with Gasteiger partial charge in [-0.15, -0.1) is 24.0 Å². The fourth-order valence-corrected chi connectivity index (χ4v) is 2.63. The lowest BCUT2D eigenvalue weighted by atomic mass is 10.1. The van der Waals surface area contributed by atoms with E-state index in [1.807, 2.05) is 37.4 Å². The molecule has 2 aromatic carbocycles. The summed E-state index contributed by atoms with van der Waals surface area (Å²) in [7, 11) is 2.02.